The molecular weight excluding hydrogens is 238 g/mol. The number of benzene rings is 1. The molecule has 0 spiro atoms. The molecule has 0 aliphatic heterocycles. The molecule has 0 saturated heterocycles. The quantitative estimate of drug-likeness (QED) is 0.819. The molecular formula is C11H13N3O2S. The van der Waals surface area contributed by atoms with E-state index < -0.39 is 9.84 Å². The first kappa shape index (κ1) is 11.8. The van der Waals surface area contributed by atoms with E-state index in [0.717, 1.165) is 5.56 Å². The number of nitrogens with zero attached hydrogens (tertiary/aromatic N) is 3. The molecule has 0 fully saturated rings. The molecule has 0 aliphatic rings. The Bertz CT molecular complexity index is 632. The minimum atomic E-state index is -3.35. The molecule has 1 heterocycles. The van der Waals surface area contributed by atoms with Crippen LogP contribution in [0.5, 0.6) is 0 Å². The highest BCUT2D eigenvalue weighted by Crippen LogP contribution is 2.18. The van der Waals surface area contributed by atoms with Crippen molar-refractivity contribution in [1.82, 2.24) is 15.0 Å². The van der Waals surface area contributed by atoms with Crippen molar-refractivity contribution in [3.63, 3.8) is 0 Å². The Labute approximate surface area is 100 Å². The topological polar surface area (TPSA) is 64.8 Å². The van der Waals surface area contributed by atoms with Crippen LogP contribution in [-0.2, 0) is 22.6 Å². The Morgan fingerprint density at radius 3 is 2.59 bits per heavy atom. The predicted octanol–water partition coefficient (Wildman–Crippen LogP) is 1.10. The van der Waals surface area contributed by atoms with Gasteiger partial charge in [-0.25, -0.2) is 8.42 Å². The van der Waals surface area contributed by atoms with Gasteiger partial charge >= 0.3 is 0 Å². The van der Waals surface area contributed by atoms with E-state index in [1.165, 1.54) is 11.0 Å². The number of aryl methyl sites for hydroxylation is 2. The van der Waals surface area contributed by atoms with Crippen LogP contribution in [0.2, 0.25) is 0 Å². The number of sulfone groups is 1. The largest absolute Gasteiger partial charge is 0.223 e. The zero-order valence-corrected chi connectivity index (χ0v) is 10.5. The molecule has 2 aromatic rings. The van der Waals surface area contributed by atoms with Crippen molar-refractivity contribution in [3.8, 4) is 0 Å². The Morgan fingerprint density at radius 1 is 1.29 bits per heavy atom. The second-order valence-electron chi connectivity index (χ2n) is 3.85. The monoisotopic (exact) mass is 251 g/mol. The lowest BCUT2D eigenvalue weighted by atomic mass is 10.2. The van der Waals surface area contributed by atoms with Gasteiger partial charge in [0.15, 0.2) is 9.84 Å². The number of hydrogen-bond donors (Lipinski definition) is 0. The van der Waals surface area contributed by atoms with Gasteiger partial charge in [-0.1, -0.05) is 18.2 Å². The van der Waals surface area contributed by atoms with Crippen molar-refractivity contribution in [2.45, 2.75) is 17.6 Å². The summed E-state index contributed by atoms with van der Waals surface area (Å²) in [5, 5.41) is 7.84. The Hall–Kier alpha value is -1.69. The molecule has 2 rings (SSSR count). The van der Waals surface area contributed by atoms with Gasteiger partial charge < -0.3 is 0 Å². The summed E-state index contributed by atoms with van der Waals surface area (Å²) in [4.78, 5) is 1.70. The van der Waals surface area contributed by atoms with E-state index in [1.54, 1.807) is 32.2 Å². The van der Waals surface area contributed by atoms with Crippen LogP contribution in [0, 0.1) is 6.92 Å². The SMILES string of the molecule is Cc1ccccc1S(=O)(=O)Cc1cnn(C)n1. The van der Waals surface area contributed by atoms with Crippen LogP contribution in [-0.4, -0.2) is 23.4 Å². The lowest BCUT2D eigenvalue weighted by Crippen LogP contribution is -2.07. The summed E-state index contributed by atoms with van der Waals surface area (Å²) >= 11 is 0. The van der Waals surface area contributed by atoms with Crippen LogP contribution in [0.15, 0.2) is 35.4 Å². The van der Waals surface area contributed by atoms with E-state index in [2.05, 4.69) is 10.2 Å². The van der Waals surface area contributed by atoms with E-state index in [-0.39, 0.29) is 5.75 Å². The number of hydrogen-bond acceptors (Lipinski definition) is 4. The standard InChI is InChI=1S/C11H13N3O2S/c1-9-5-3-4-6-11(9)17(15,16)8-10-7-12-14(2)13-10/h3-7H,8H2,1-2H3. The van der Waals surface area contributed by atoms with E-state index in [9.17, 15) is 8.42 Å². The third kappa shape index (κ3) is 2.52. The van der Waals surface area contributed by atoms with Gasteiger partial charge in [0.05, 0.1) is 16.8 Å². The molecule has 17 heavy (non-hydrogen) atoms. The van der Waals surface area contributed by atoms with Gasteiger partial charge in [0.25, 0.3) is 0 Å². The van der Waals surface area contributed by atoms with Gasteiger partial charge in [-0.05, 0) is 18.6 Å². The van der Waals surface area contributed by atoms with Crippen LogP contribution in [0.3, 0.4) is 0 Å². The first-order valence-electron chi connectivity index (χ1n) is 5.12. The average Bonchev–Trinajstić information content (AvgIpc) is 2.63. The fraction of sp³-hybridized carbons (Fsp3) is 0.273. The molecule has 90 valence electrons. The zero-order valence-electron chi connectivity index (χ0n) is 9.66. The number of rotatable bonds is 3. The zero-order chi connectivity index (χ0) is 12.5. The first-order chi connectivity index (χ1) is 7.99. The average molecular weight is 251 g/mol. The summed E-state index contributed by atoms with van der Waals surface area (Å²) in [5.41, 5.74) is 1.20. The molecule has 0 atom stereocenters. The van der Waals surface area contributed by atoms with Crippen LogP contribution in [0.25, 0.3) is 0 Å². The summed E-state index contributed by atoms with van der Waals surface area (Å²) in [6.45, 7) is 1.78. The van der Waals surface area contributed by atoms with Crippen molar-refractivity contribution >= 4 is 9.84 Å². The maximum Gasteiger partial charge on any atom is 0.184 e. The van der Waals surface area contributed by atoms with Crippen LogP contribution in [0.1, 0.15) is 11.3 Å². The summed E-state index contributed by atoms with van der Waals surface area (Å²) in [5.74, 6) is -0.119. The van der Waals surface area contributed by atoms with E-state index in [4.69, 9.17) is 0 Å². The maximum absolute atomic E-state index is 12.2. The van der Waals surface area contributed by atoms with Gasteiger partial charge in [-0.2, -0.15) is 15.0 Å². The van der Waals surface area contributed by atoms with Crippen molar-refractivity contribution < 1.29 is 8.42 Å². The van der Waals surface area contributed by atoms with Gasteiger partial charge in [-0.3, -0.25) is 0 Å². The molecule has 0 aliphatic carbocycles. The third-order valence-corrected chi connectivity index (χ3v) is 4.22. The molecule has 5 nitrogen and oxygen atoms in total. The molecule has 0 unspecified atom stereocenters. The minimum absolute atomic E-state index is 0.119. The van der Waals surface area contributed by atoms with Crippen molar-refractivity contribution in [3.05, 3.63) is 41.7 Å². The van der Waals surface area contributed by atoms with Gasteiger partial charge in [0.1, 0.15) is 5.75 Å². The normalized spacial score (nSPS) is 11.6. The molecule has 1 aromatic heterocycles. The van der Waals surface area contributed by atoms with Crippen molar-refractivity contribution in [1.29, 1.82) is 0 Å². The summed E-state index contributed by atoms with van der Waals surface area (Å²) in [6.07, 6.45) is 1.47. The lowest BCUT2D eigenvalue weighted by molar-refractivity contribution is 0.592. The molecule has 0 radical (unpaired) electrons. The van der Waals surface area contributed by atoms with E-state index in [1.807, 2.05) is 6.07 Å². The van der Waals surface area contributed by atoms with E-state index >= 15 is 0 Å². The molecule has 1 aromatic carbocycles. The second kappa shape index (κ2) is 4.29. The molecule has 0 amide bonds. The van der Waals surface area contributed by atoms with Crippen LogP contribution < -0.4 is 0 Å². The smallest absolute Gasteiger partial charge is 0.184 e. The van der Waals surface area contributed by atoms with Crippen molar-refractivity contribution in [2.24, 2.45) is 7.05 Å². The molecule has 0 saturated carbocycles. The van der Waals surface area contributed by atoms with Gasteiger partial charge in [-0.15, -0.1) is 0 Å². The number of aromatic nitrogens is 3. The fourth-order valence-corrected chi connectivity index (χ4v) is 3.15. The summed E-state index contributed by atoms with van der Waals surface area (Å²) in [6, 6.07) is 6.93. The van der Waals surface area contributed by atoms with Crippen molar-refractivity contribution in [2.75, 3.05) is 0 Å². The maximum atomic E-state index is 12.2. The minimum Gasteiger partial charge on any atom is -0.223 e. The van der Waals surface area contributed by atoms with Gasteiger partial charge in [0, 0.05) is 7.05 Å². The molecule has 6 heteroatoms. The van der Waals surface area contributed by atoms with Gasteiger partial charge in [0.2, 0.25) is 0 Å². The Morgan fingerprint density at radius 2 is 2.00 bits per heavy atom. The highest BCUT2D eigenvalue weighted by molar-refractivity contribution is 7.90. The second-order valence-corrected chi connectivity index (χ2v) is 5.81. The Balaban J connectivity index is 2.35. The third-order valence-electron chi connectivity index (χ3n) is 2.41. The first-order valence-corrected chi connectivity index (χ1v) is 6.78. The van der Waals surface area contributed by atoms with Crippen LogP contribution >= 0.6 is 0 Å². The van der Waals surface area contributed by atoms with E-state index in [0.29, 0.717) is 10.6 Å². The fourth-order valence-electron chi connectivity index (χ4n) is 1.63. The summed E-state index contributed by atoms with van der Waals surface area (Å²) in [7, 11) is -1.69. The highest BCUT2D eigenvalue weighted by Gasteiger charge is 2.18. The Kier molecular flexibility index (Phi) is 2.97. The molecule has 0 N–H and O–H groups in total. The molecule has 0 bridgehead atoms. The summed E-state index contributed by atoms with van der Waals surface area (Å²) < 4.78 is 24.3. The van der Waals surface area contributed by atoms with Crippen LogP contribution in [0.4, 0.5) is 0 Å². The lowest BCUT2D eigenvalue weighted by Gasteiger charge is -2.05. The predicted molar refractivity (Wildman–Crippen MR) is 63.1 cm³/mol. The highest BCUT2D eigenvalue weighted by atomic mass is 32.2.